The average molecular weight is 477 g/mol. The van der Waals surface area contributed by atoms with Crippen LogP contribution in [0.2, 0.25) is 0 Å². The Kier molecular flexibility index (Phi) is 7.57. The average Bonchev–Trinajstić information content (AvgIpc) is 2.88. The highest BCUT2D eigenvalue weighted by Crippen LogP contribution is 2.22. The van der Waals surface area contributed by atoms with E-state index in [1.54, 1.807) is 37.5 Å². The molecule has 0 unspecified atom stereocenters. The number of rotatable bonds is 6. The molecule has 2 heterocycles. The molecular formula is C26H29FN6O2. The van der Waals surface area contributed by atoms with E-state index in [9.17, 15) is 9.59 Å². The summed E-state index contributed by atoms with van der Waals surface area (Å²) in [5.41, 5.74) is 3.40. The molecule has 0 saturated carbocycles. The zero-order valence-electron chi connectivity index (χ0n) is 19.8. The van der Waals surface area contributed by atoms with Crippen LogP contribution in [0.15, 0.2) is 60.8 Å². The highest BCUT2D eigenvalue weighted by molar-refractivity contribution is 6.00. The van der Waals surface area contributed by atoms with Gasteiger partial charge >= 0.3 is 6.03 Å². The quantitative estimate of drug-likeness (QED) is 0.497. The van der Waals surface area contributed by atoms with Crippen LogP contribution in [0.3, 0.4) is 0 Å². The molecule has 0 bridgehead atoms. The monoisotopic (exact) mass is 476 g/mol. The van der Waals surface area contributed by atoms with Crippen LogP contribution in [0, 0.1) is 12.7 Å². The molecule has 4 rings (SSSR count). The van der Waals surface area contributed by atoms with Crippen LogP contribution >= 0.6 is 0 Å². The van der Waals surface area contributed by atoms with Gasteiger partial charge in [-0.2, -0.15) is 0 Å². The van der Waals surface area contributed by atoms with Gasteiger partial charge in [0.15, 0.2) is 5.82 Å². The van der Waals surface area contributed by atoms with E-state index in [2.05, 4.69) is 25.8 Å². The van der Waals surface area contributed by atoms with Gasteiger partial charge in [-0.1, -0.05) is 24.3 Å². The van der Waals surface area contributed by atoms with Gasteiger partial charge < -0.3 is 20.9 Å². The van der Waals surface area contributed by atoms with Crippen molar-refractivity contribution in [3.63, 3.8) is 0 Å². The molecular weight excluding hydrogens is 447 g/mol. The summed E-state index contributed by atoms with van der Waals surface area (Å²) in [6.07, 6.45) is 1.55. The third-order valence-electron chi connectivity index (χ3n) is 5.98. The number of amides is 3. The van der Waals surface area contributed by atoms with E-state index in [1.165, 1.54) is 6.07 Å². The molecule has 0 aliphatic carbocycles. The number of carbonyl (C=O) groups is 2. The second-order valence-corrected chi connectivity index (χ2v) is 8.41. The van der Waals surface area contributed by atoms with E-state index in [0.717, 1.165) is 11.4 Å². The topological polar surface area (TPSA) is 89.6 Å². The summed E-state index contributed by atoms with van der Waals surface area (Å²) in [4.78, 5) is 33.3. The summed E-state index contributed by atoms with van der Waals surface area (Å²) in [5.74, 6) is -0.479. The molecule has 0 radical (unpaired) electrons. The Morgan fingerprint density at radius 3 is 2.40 bits per heavy atom. The predicted octanol–water partition coefficient (Wildman–Crippen LogP) is 4.17. The number of anilines is 3. The van der Waals surface area contributed by atoms with E-state index in [0.29, 0.717) is 49.5 Å². The first kappa shape index (κ1) is 24.2. The van der Waals surface area contributed by atoms with Crippen LogP contribution in [0.1, 0.15) is 21.6 Å². The molecule has 0 spiro atoms. The van der Waals surface area contributed by atoms with Crippen LogP contribution < -0.4 is 16.0 Å². The van der Waals surface area contributed by atoms with E-state index < -0.39 is 11.8 Å². The van der Waals surface area contributed by atoms with Crippen LogP contribution in [0.5, 0.6) is 0 Å². The van der Waals surface area contributed by atoms with Crippen molar-refractivity contribution in [2.45, 2.75) is 13.5 Å². The first-order valence-electron chi connectivity index (χ1n) is 11.5. The molecule has 8 nitrogen and oxygen atoms in total. The first-order valence-corrected chi connectivity index (χ1v) is 11.5. The SMILES string of the molecule is CNc1ccccc1C(=O)N1CCN(Cc2cccc(NC(=O)Nc3ccc(C)nc3)c2F)CC1. The first-order chi connectivity index (χ1) is 16.9. The van der Waals surface area contributed by atoms with Crippen molar-refractivity contribution in [3.8, 4) is 0 Å². The van der Waals surface area contributed by atoms with Crippen molar-refractivity contribution in [3.05, 3.63) is 83.4 Å². The minimum atomic E-state index is -0.541. The molecule has 1 fully saturated rings. The lowest BCUT2D eigenvalue weighted by Gasteiger charge is -2.35. The highest BCUT2D eigenvalue weighted by Gasteiger charge is 2.24. The number of pyridine rings is 1. The summed E-state index contributed by atoms with van der Waals surface area (Å²) in [5, 5.41) is 8.28. The molecule has 9 heteroatoms. The fraction of sp³-hybridized carbons (Fsp3) is 0.269. The lowest BCUT2D eigenvalue weighted by atomic mass is 10.1. The number of nitrogens with one attached hydrogen (secondary N) is 3. The smallest absolute Gasteiger partial charge is 0.323 e. The maximum absolute atomic E-state index is 15.1. The molecule has 2 aromatic carbocycles. The number of urea groups is 1. The maximum Gasteiger partial charge on any atom is 0.323 e. The minimum Gasteiger partial charge on any atom is -0.387 e. The number of aryl methyl sites for hydroxylation is 1. The van der Waals surface area contributed by atoms with Crippen molar-refractivity contribution in [2.75, 3.05) is 49.2 Å². The van der Waals surface area contributed by atoms with E-state index in [4.69, 9.17) is 0 Å². The molecule has 3 N–H and O–H groups in total. The molecule has 1 saturated heterocycles. The maximum atomic E-state index is 15.1. The minimum absolute atomic E-state index is 0.0123. The Morgan fingerprint density at radius 1 is 0.943 bits per heavy atom. The van der Waals surface area contributed by atoms with Gasteiger partial charge in [0.1, 0.15) is 0 Å². The third-order valence-corrected chi connectivity index (χ3v) is 5.98. The molecule has 0 atom stereocenters. The Labute approximate surface area is 204 Å². The summed E-state index contributed by atoms with van der Waals surface area (Å²) < 4.78 is 15.1. The highest BCUT2D eigenvalue weighted by atomic mass is 19.1. The lowest BCUT2D eigenvalue weighted by Crippen LogP contribution is -2.48. The number of aromatic nitrogens is 1. The molecule has 35 heavy (non-hydrogen) atoms. The Hall–Kier alpha value is -3.98. The molecule has 1 aromatic heterocycles. The van der Waals surface area contributed by atoms with Crippen LogP contribution in [0.4, 0.5) is 26.2 Å². The number of para-hydroxylation sites is 1. The largest absolute Gasteiger partial charge is 0.387 e. The summed E-state index contributed by atoms with van der Waals surface area (Å²) in [7, 11) is 1.80. The second-order valence-electron chi connectivity index (χ2n) is 8.41. The van der Waals surface area contributed by atoms with E-state index >= 15 is 4.39 Å². The van der Waals surface area contributed by atoms with Gasteiger partial charge in [0, 0.05) is 56.7 Å². The number of piperazine rings is 1. The van der Waals surface area contributed by atoms with Crippen molar-refractivity contribution in [2.24, 2.45) is 0 Å². The summed E-state index contributed by atoms with van der Waals surface area (Å²) >= 11 is 0. The number of carbonyl (C=O) groups excluding carboxylic acids is 2. The van der Waals surface area contributed by atoms with Gasteiger partial charge in [0.25, 0.3) is 5.91 Å². The number of hydrogen-bond donors (Lipinski definition) is 3. The van der Waals surface area contributed by atoms with Crippen LogP contribution in [-0.2, 0) is 6.54 Å². The van der Waals surface area contributed by atoms with Gasteiger partial charge in [-0.25, -0.2) is 9.18 Å². The second kappa shape index (κ2) is 11.0. The molecule has 3 amide bonds. The Morgan fingerprint density at radius 2 is 1.69 bits per heavy atom. The standard InChI is InChI=1S/C26H29FN6O2/c1-18-10-11-20(16-29-18)30-26(35)31-23-9-5-6-19(24(23)27)17-32-12-14-33(15-13-32)25(34)21-7-3-4-8-22(21)28-2/h3-11,16,28H,12-15,17H2,1-2H3,(H2,30,31,35). The Bertz CT molecular complexity index is 1190. The number of nitrogens with zero attached hydrogens (tertiary/aromatic N) is 3. The van der Waals surface area contributed by atoms with Gasteiger partial charge in [-0.3, -0.25) is 14.7 Å². The fourth-order valence-corrected chi connectivity index (χ4v) is 4.03. The number of benzene rings is 2. The van der Waals surface area contributed by atoms with Crippen molar-refractivity contribution < 1.29 is 14.0 Å². The van der Waals surface area contributed by atoms with Gasteiger partial charge in [0.2, 0.25) is 0 Å². The van der Waals surface area contributed by atoms with Gasteiger partial charge in [-0.05, 0) is 37.3 Å². The number of hydrogen-bond acceptors (Lipinski definition) is 5. The number of halogens is 1. The zero-order valence-corrected chi connectivity index (χ0v) is 19.8. The van der Waals surface area contributed by atoms with Crippen molar-refractivity contribution in [1.82, 2.24) is 14.8 Å². The van der Waals surface area contributed by atoms with Gasteiger partial charge in [-0.15, -0.1) is 0 Å². The molecule has 182 valence electrons. The summed E-state index contributed by atoms with van der Waals surface area (Å²) in [6.45, 7) is 4.62. The van der Waals surface area contributed by atoms with Gasteiger partial charge in [0.05, 0.1) is 23.1 Å². The Balaban J connectivity index is 1.34. The summed E-state index contributed by atoms with van der Waals surface area (Å²) in [6, 6.07) is 15.4. The molecule has 1 aliphatic rings. The lowest BCUT2D eigenvalue weighted by molar-refractivity contribution is 0.0628. The van der Waals surface area contributed by atoms with E-state index in [-0.39, 0.29) is 11.6 Å². The van der Waals surface area contributed by atoms with Crippen LogP contribution in [-0.4, -0.2) is 59.9 Å². The normalized spacial score (nSPS) is 13.9. The third kappa shape index (κ3) is 5.93. The predicted molar refractivity (Wildman–Crippen MR) is 135 cm³/mol. The van der Waals surface area contributed by atoms with Crippen molar-refractivity contribution in [1.29, 1.82) is 0 Å². The molecule has 1 aliphatic heterocycles. The van der Waals surface area contributed by atoms with Crippen molar-refractivity contribution >= 4 is 29.0 Å². The van der Waals surface area contributed by atoms with E-state index in [1.807, 2.05) is 36.1 Å². The fourth-order valence-electron chi connectivity index (χ4n) is 4.03. The van der Waals surface area contributed by atoms with Crippen LogP contribution in [0.25, 0.3) is 0 Å². The molecule has 3 aromatic rings. The zero-order chi connectivity index (χ0) is 24.8.